The van der Waals surface area contributed by atoms with Gasteiger partial charge >= 0.3 is 0 Å². The van der Waals surface area contributed by atoms with E-state index in [9.17, 15) is 13.5 Å². The molecule has 1 aromatic heterocycles. The zero-order valence-corrected chi connectivity index (χ0v) is 13.6. The molecule has 1 saturated heterocycles. The van der Waals surface area contributed by atoms with Gasteiger partial charge in [0, 0.05) is 25.3 Å². The molecule has 1 N–H and O–H groups in total. The van der Waals surface area contributed by atoms with Crippen LogP contribution in [0.25, 0.3) is 0 Å². The van der Waals surface area contributed by atoms with Crippen LogP contribution in [0, 0.1) is 13.8 Å². The number of piperidine rings is 1. The van der Waals surface area contributed by atoms with Crippen LogP contribution in [0.4, 0.5) is 0 Å². The molecule has 1 fully saturated rings. The fourth-order valence-corrected chi connectivity index (χ4v) is 4.71. The Morgan fingerprint density at radius 2 is 1.90 bits per heavy atom. The SMILES string of the molecule is CCOC1CCN(S(=O)(=O)c2c(C)oc(C)c2CO)CC1. The molecule has 6 nitrogen and oxygen atoms in total. The number of nitrogens with zero attached hydrogens (tertiary/aromatic N) is 1. The van der Waals surface area contributed by atoms with E-state index in [-0.39, 0.29) is 17.6 Å². The molecule has 0 radical (unpaired) electrons. The maximum absolute atomic E-state index is 12.8. The van der Waals surface area contributed by atoms with Crippen molar-refractivity contribution in [2.75, 3.05) is 19.7 Å². The van der Waals surface area contributed by atoms with Crippen molar-refractivity contribution in [1.29, 1.82) is 0 Å². The molecule has 0 aromatic carbocycles. The zero-order valence-electron chi connectivity index (χ0n) is 12.8. The average Bonchev–Trinajstić information content (AvgIpc) is 2.74. The molecule has 0 atom stereocenters. The summed E-state index contributed by atoms with van der Waals surface area (Å²) in [5, 5.41) is 9.42. The van der Waals surface area contributed by atoms with Crippen LogP contribution in [-0.4, -0.2) is 43.6 Å². The molecule has 120 valence electrons. The number of hydrogen-bond donors (Lipinski definition) is 1. The number of sulfonamides is 1. The number of aliphatic hydroxyl groups excluding tert-OH is 1. The van der Waals surface area contributed by atoms with E-state index in [0.29, 0.717) is 49.6 Å². The predicted molar refractivity (Wildman–Crippen MR) is 77.5 cm³/mol. The van der Waals surface area contributed by atoms with E-state index >= 15 is 0 Å². The first kappa shape index (κ1) is 16.5. The Morgan fingerprint density at radius 1 is 1.29 bits per heavy atom. The minimum atomic E-state index is -3.63. The summed E-state index contributed by atoms with van der Waals surface area (Å²) in [6, 6.07) is 0. The van der Waals surface area contributed by atoms with Crippen LogP contribution in [-0.2, 0) is 21.4 Å². The molecule has 2 rings (SSSR count). The van der Waals surface area contributed by atoms with E-state index < -0.39 is 10.0 Å². The maximum Gasteiger partial charge on any atom is 0.246 e. The fourth-order valence-electron chi connectivity index (χ4n) is 2.83. The molecule has 1 aliphatic rings. The van der Waals surface area contributed by atoms with Crippen LogP contribution in [0.3, 0.4) is 0 Å². The Balaban J connectivity index is 2.24. The molecule has 0 amide bonds. The van der Waals surface area contributed by atoms with Crippen LogP contribution < -0.4 is 0 Å². The van der Waals surface area contributed by atoms with Crippen molar-refractivity contribution in [1.82, 2.24) is 4.31 Å². The zero-order chi connectivity index (χ0) is 15.6. The monoisotopic (exact) mass is 317 g/mol. The molecule has 0 saturated carbocycles. The predicted octanol–water partition coefficient (Wildman–Crippen LogP) is 1.58. The molecule has 0 bridgehead atoms. The highest BCUT2D eigenvalue weighted by Gasteiger charge is 2.34. The van der Waals surface area contributed by atoms with Gasteiger partial charge < -0.3 is 14.3 Å². The summed E-state index contributed by atoms with van der Waals surface area (Å²) in [6.45, 7) is 6.39. The number of furan rings is 1. The fraction of sp³-hybridized carbons (Fsp3) is 0.714. The van der Waals surface area contributed by atoms with Crippen LogP contribution in [0.5, 0.6) is 0 Å². The van der Waals surface area contributed by atoms with Gasteiger partial charge in [-0.05, 0) is 33.6 Å². The van der Waals surface area contributed by atoms with Gasteiger partial charge in [0.05, 0.1) is 12.7 Å². The Labute approximate surface area is 125 Å². The third-order valence-electron chi connectivity index (χ3n) is 3.88. The van der Waals surface area contributed by atoms with E-state index in [1.54, 1.807) is 13.8 Å². The second-order valence-corrected chi connectivity index (χ2v) is 7.11. The summed E-state index contributed by atoms with van der Waals surface area (Å²) < 4.78 is 37.9. The molecule has 7 heteroatoms. The summed E-state index contributed by atoms with van der Waals surface area (Å²) in [5.74, 6) is 0.793. The van der Waals surface area contributed by atoms with Crippen molar-refractivity contribution in [3.05, 3.63) is 17.1 Å². The summed E-state index contributed by atoms with van der Waals surface area (Å²) in [7, 11) is -3.63. The number of aryl methyl sites for hydroxylation is 2. The first-order chi connectivity index (χ1) is 9.91. The van der Waals surface area contributed by atoms with Crippen LogP contribution in [0.15, 0.2) is 9.31 Å². The number of aliphatic hydroxyl groups is 1. The van der Waals surface area contributed by atoms with Crippen molar-refractivity contribution in [3.8, 4) is 0 Å². The highest BCUT2D eigenvalue weighted by Crippen LogP contribution is 2.31. The van der Waals surface area contributed by atoms with Crippen molar-refractivity contribution in [2.45, 2.75) is 51.2 Å². The van der Waals surface area contributed by atoms with E-state index in [0.717, 1.165) is 0 Å². The minimum absolute atomic E-state index is 0.123. The summed E-state index contributed by atoms with van der Waals surface area (Å²) in [6.07, 6.45) is 1.51. The van der Waals surface area contributed by atoms with Gasteiger partial charge in [0.25, 0.3) is 0 Å². The van der Waals surface area contributed by atoms with Crippen molar-refractivity contribution >= 4 is 10.0 Å². The van der Waals surface area contributed by atoms with E-state index in [1.165, 1.54) is 4.31 Å². The summed E-state index contributed by atoms with van der Waals surface area (Å²) in [5.41, 5.74) is 0.361. The molecule has 1 aliphatic heterocycles. The first-order valence-electron chi connectivity index (χ1n) is 7.23. The third-order valence-corrected chi connectivity index (χ3v) is 5.98. The van der Waals surface area contributed by atoms with Gasteiger partial charge in [-0.25, -0.2) is 8.42 Å². The van der Waals surface area contributed by atoms with E-state index in [1.807, 2.05) is 6.92 Å². The molecule has 1 aromatic rings. The van der Waals surface area contributed by atoms with Gasteiger partial charge in [-0.1, -0.05) is 0 Å². The van der Waals surface area contributed by atoms with Crippen molar-refractivity contribution < 1.29 is 22.7 Å². The third kappa shape index (κ3) is 3.15. The van der Waals surface area contributed by atoms with Crippen LogP contribution in [0.1, 0.15) is 36.8 Å². The number of ether oxygens (including phenoxy) is 1. The Morgan fingerprint density at radius 3 is 2.43 bits per heavy atom. The molecule has 21 heavy (non-hydrogen) atoms. The lowest BCUT2D eigenvalue weighted by Gasteiger charge is -2.31. The van der Waals surface area contributed by atoms with E-state index in [4.69, 9.17) is 9.15 Å². The Hall–Kier alpha value is -0.890. The van der Waals surface area contributed by atoms with Gasteiger partial charge in [0.2, 0.25) is 10.0 Å². The van der Waals surface area contributed by atoms with Crippen LogP contribution in [0.2, 0.25) is 0 Å². The lowest BCUT2D eigenvalue weighted by Crippen LogP contribution is -2.41. The van der Waals surface area contributed by atoms with Crippen LogP contribution >= 0.6 is 0 Å². The second kappa shape index (κ2) is 6.48. The molecule has 0 spiro atoms. The second-order valence-electron chi connectivity index (χ2n) is 5.24. The van der Waals surface area contributed by atoms with Gasteiger partial charge in [-0.2, -0.15) is 4.31 Å². The van der Waals surface area contributed by atoms with Crippen molar-refractivity contribution in [3.63, 3.8) is 0 Å². The van der Waals surface area contributed by atoms with E-state index in [2.05, 4.69) is 0 Å². The highest BCUT2D eigenvalue weighted by atomic mass is 32.2. The van der Waals surface area contributed by atoms with Crippen molar-refractivity contribution in [2.24, 2.45) is 0 Å². The molecule has 0 unspecified atom stereocenters. The number of hydrogen-bond acceptors (Lipinski definition) is 5. The molecule has 2 heterocycles. The van der Waals surface area contributed by atoms with Gasteiger partial charge in [0.15, 0.2) is 0 Å². The smallest absolute Gasteiger partial charge is 0.246 e. The maximum atomic E-state index is 12.8. The first-order valence-corrected chi connectivity index (χ1v) is 8.67. The lowest BCUT2D eigenvalue weighted by atomic mass is 10.1. The molecular weight excluding hydrogens is 294 g/mol. The summed E-state index contributed by atoms with van der Waals surface area (Å²) in [4.78, 5) is 0.123. The normalized spacial score (nSPS) is 18.3. The topological polar surface area (TPSA) is 80.0 Å². The minimum Gasteiger partial charge on any atom is -0.465 e. The quantitative estimate of drug-likeness (QED) is 0.892. The Kier molecular flexibility index (Phi) is 5.08. The Bertz CT molecular complexity index is 585. The van der Waals surface area contributed by atoms with Gasteiger partial charge in [-0.3, -0.25) is 0 Å². The van der Waals surface area contributed by atoms with Gasteiger partial charge in [-0.15, -0.1) is 0 Å². The average molecular weight is 317 g/mol. The molecular formula is C14H23NO5S. The van der Waals surface area contributed by atoms with Gasteiger partial charge in [0.1, 0.15) is 16.4 Å². The summed E-state index contributed by atoms with van der Waals surface area (Å²) >= 11 is 0. The molecule has 0 aliphatic carbocycles. The largest absolute Gasteiger partial charge is 0.465 e. The lowest BCUT2D eigenvalue weighted by molar-refractivity contribution is 0.0290. The highest BCUT2D eigenvalue weighted by molar-refractivity contribution is 7.89. The number of rotatable bonds is 5. The standard InChI is InChI=1S/C14H23NO5S/c1-4-19-12-5-7-15(8-6-12)21(17,18)14-11(3)20-10(2)13(14)9-16/h12,16H,4-9H2,1-3H3.